The predicted molar refractivity (Wildman–Crippen MR) is 70.2 cm³/mol. The normalized spacial score (nSPS) is 10.3. The van der Waals surface area contributed by atoms with Gasteiger partial charge in [0.2, 0.25) is 0 Å². The largest absolute Gasteiger partial charge is 0.477 e. The Morgan fingerprint density at radius 1 is 1.56 bits per heavy atom. The molecule has 2 heterocycles. The van der Waals surface area contributed by atoms with Gasteiger partial charge in [-0.15, -0.1) is 11.3 Å². The van der Waals surface area contributed by atoms with Gasteiger partial charge in [0.25, 0.3) is 0 Å². The van der Waals surface area contributed by atoms with Crippen LogP contribution in [-0.4, -0.2) is 28.1 Å². The number of carbonyl (C=O) groups is 1. The third-order valence-electron chi connectivity index (χ3n) is 2.47. The van der Waals surface area contributed by atoms with Crippen LogP contribution in [0, 0.1) is 6.92 Å². The van der Waals surface area contributed by atoms with Gasteiger partial charge in [-0.1, -0.05) is 0 Å². The number of anilines is 1. The maximum Gasteiger partial charge on any atom is 0.354 e. The van der Waals surface area contributed by atoms with Crippen molar-refractivity contribution in [1.29, 1.82) is 0 Å². The summed E-state index contributed by atoms with van der Waals surface area (Å²) < 4.78 is 0. The fourth-order valence-electron chi connectivity index (χ4n) is 1.59. The first-order valence-electron chi connectivity index (χ1n) is 5.38. The van der Waals surface area contributed by atoms with Crippen LogP contribution >= 0.6 is 11.3 Å². The topological polar surface area (TPSA) is 66.3 Å². The summed E-state index contributed by atoms with van der Waals surface area (Å²) in [5.74, 6) is -1.02. The molecule has 0 aliphatic rings. The predicted octanol–water partition coefficient (Wildman–Crippen LogP) is 2.18. The van der Waals surface area contributed by atoms with Crippen molar-refractivity contribution in [1.82, 2.24) is 9.97 Å². The molecular formula is C12H13N3O2S. The van der Waals surface area contributed by atoms with E-state index >= 15 is 0 Å². The lowest BCUT2D eigenvalue weighted by atomic mass is 10.3. The molecule has 1 N–H and O–H groups in total. The van der Waals surface area contributed by atoms with E-state index in [4.69, 9.17) is 5.11 Å². The van der Waals surface area contributed by atoms with Crippen LogP contribution in [0.3, 0.4) is 0 Å². The third kappa shape index (κ3) is 2.84. The van der Waals surface area contributed by atoms with Gasteiger partial charge < -0.3 is 10.0 Å². The number of hydrogen-bond donors (Lipinski definition) is 1. The highest BCUT2D eigenvalue weighted by Gasteiger charge is 2.09. The number of nitrogens with zero attached hydrogens (tertiary/aromatic N) is 3. The SMILES string of the molecule is Cc1nc(CN(C)c2ccnc(C(=O)O)c2)cs1. The Morgan fingerprint density at radius 2 is 2.33 bits per heavy atom. The minimum atomic E-state index is -1.02. The minimum absolute atomic E-state index is 0.0498. The van der Waals surface area contributed by atoms with Gasteiger partial charge in [0.15, 0.2) is 0 Å². The van der Waals surface area contributed by atoms with E-state index in [-0.39, 0.29) is 5.69 Å². The molecule has 0 unspecified atom stereocenters. The summed E-state index contributed by atoms with van der Waals surface area (Å²) in [5, 5.41) is 11.9. The summed E-state index contributed by atoms with van der Waals surface area (Å²) in [4.78, 5) is 21.0. The number of rotatable bonds is 4. The molecule has 94 valence electrons. The average molecular weight is 263 g/mol. The third-order valence-corrected chi connectivity index (χ3v) is 3.29. The van der Waals surface area contributed by atoms with E-state index in [1.165, 1.54) is 6.20 Å². The first kappa shape index (κ1) is 12.5. The van der Waals surface area contributed by atoms with Crippen LogP contribution in [0.25, 0.3) is 0 Å². The van der Waals surface area contributed by atoms with Crippen molar-refractivity contribution in [3.63, 3.8) is 0 Å². The molecule has 2 aromatic rings. The zero-order valence-corrected chi connectivity index (χ0v) is 10.9. The number of aromatic carboxylic acids is 1. The molecule has 0 saturated carbocycles. The lowest BCUT2D eigenvalue weighted by molar-refractivity contribution is 0.0690. The molecular weight excluding hydrogens is 250 g/mol. The number of pyridine rings is 1. The highest BCUT2D eigenvalue weighted by molar-refractivity contribution is 7.09. The van der Waals surface area contributed by atoms with E-state index in [1.807, 2.05) is 24.3 Å². The summed E-state index contributed by atoms with van der Waals surface area (Å²) >= 11 is 1.61. The van der Waals surface area contributed by atoms with Crippen molar-refractivity contribution in [3.8, 4) is 0 Å². The molecule has 0 spiro atoms. The second kappa shape index (κ2) is 5.14. The van der Waals surface area contributed by atoms with Crippen LogP contribution < -0.4 is 4.90 Å². The van der Waals surface area contributed by atoms with Gasteiger partial charge in [-0.2, -0.15) is 0 Å². The molecule has 0 aromatic carbocycles. The highest BCUT2D eigenvalue weighted by Crippen LogP contribution is 2.17. The van der Waals surface area contributed by atoms with E-state index in [2.05, 4.69) is 9.97 Å². The standard InChI is InChI=1S/C12H13N3O2S/c1-8-14-9(7-18-8)6-15(2)10-3-4-13-11(5-10)12(16)17/h3-5,7H,6H2,1-2H3,(H,16,17). The zero-order valence-electron chi connectivity index (χ0n) is 10.1. The molecule has 0 radical (unpaired) electrons. The van der Waals surface area contributed by atoms with Crippen molar-refractivity contribution >= 4 is 23.0 Å². The van der Waals surface area contributed by atoms with Crippen LogP contribution in [0.5, 0.6) is 0 Å². The minimum Gasteiger partial charge on any atom is -0.477 e. The fourth-order valence-corrected chi connectivity index (χ4v) is 2.19. The molecule has 0 bridgehead atoms. The first-order chi connectivity index (χ1) is 8.56. The second-order valence-corrected chi connectivity index (χ2v) is 4.98. The van der Waals surface area contributed by atoms with Crippen molar-refractivity contribution < 1.29 is 9.90 Å². The highest BCUT2D eigenvalue weighted by atomic mass is 32.1. The van der Waals surface area contributed by atoms with E-state index in [1.54, 1.807) is 23.5 Å². The number of aryl methyl sites for hydroxylation is 1. The summed E-state index contributed by atoms with van der Waals surface area (Å²) in [7, 11) is 1.90. The van der Waals surface area contributed by atoms with Crippen LogP contribution in [0.1, 0.15) is 21.2 Å². The molecule has 0 aliphatic carbocycles. The lowest BCUT2D eigenvalue weighted by Gasteiger charge is -2.18. The van der Waals surface area contributed by atoms with E-state index in [0.29, 0.717) is 6.54 Å². The summed E-state index contributed by atoms with van der Waals surface area (Å²) in [6, 6.07) is 3.34. The molecule has 2 aromatic heterocycles. The van der Waals surface area contributed by atoms with Crippen LogP contribution in [0.2, 0.25) is 0 Å². The maximum atomic E-state index is 10.8. The van der Waals surface area contributed by atoms with Gasteiger partial charge >= 0.3 is 5.97 Å². The van der Waals surface area contributed by atoms with Crippen LogP contribution in [0.4, 0.5) is 5.69 Å². The van der Waals surface area contributed by atoms with Gasteiger partial charge in [0, 0.05) is 24.3 Å². The Morgan fingerprint density at radius 3 is 2.94 bits per heavy atom. The summed E-state index contributed by atoms with van der Waals surface area (Å²) in [5.41, 5.74) is 1.84. The maximum absolute atomic E-state index is 10.8. The Labute approximate surface area is 109 Å². The smallest absolute Gasteiger partial charge is 0.354 e. The first-order valence-corrected chi connectivity index (χ1v) is 6.25. The molecule has 0 amide bonds. The molecule has 2 rings (SSSR count). The van der Waals surface area contributed by atoms with E-state index in [0.717, 1.165) is 16.4 Å². The van der Waals surface area contributed by atoms with E-state index in [9.17, 15) is 4.79 Å². The Balaban J connectivity index is 2.15. The second-order valence-electron chi connectivity index (χ2n) is 3.92. The van der Waals surface area contributed by atoms with Gasteiger partial charge in [0.1, 0.15) is 5.69 Å². The quantitative estimate of drug-likeness (QED) is 0.915. The molecule has 18 heavy (non-hydrogen) atoms. The van der Waals surface area contributed by atoms with Crippen LogP contribution in [-0.2, 0) is 6.54 Å². The Hall–Kier alpha value is -1.95. The summed E-state index contributed by atoms with van der Waals surface area (Å²) in [6.45, 7) is 2.61. The Bertz CT molecular complexity index is 568. The van der Waals surface area contributed by atoms with Crippen molar-refractivity contribution in [2.24, 2.45) is 0 Å². The van der Waals surface area contributed by atoms with Crippen LogP contribution in [0.15, 0.2) is 23.7 Å². The number of thiazole rings is 1. The monoisotopic (exact) mass is 263 g/mol. The van der Waals surface area contributed by atoms with Crippen molar-refractivity contribution in [3.05, 3.63) is 40.1 Å². The van der Waals surface area contributed by atoms with Gasteiger partial charge in [-0.3, -0.25) is 0 Å². The number of aromatic nitrogens is 2. The number of carboxylic acids is 1. The molecule has 0 aliphatic heterocycles. The lowest BCUT2D eigenvalue weighted by Crippen LogP contribution is -2.17. The van der Waals surface area contributed by atoms with Crippen molar-refractivity contribution in [2.75, 3.05) is 11.9 Å². The van der Waals surface area contributed by atoms with Gasteiger partial charge in [-0.25, -0.2) is 14.8 Å². The number of carboxylic acid groups (broad SMARTS) is 1. The fraction of sp³-hybridized carbons (Fsp3) is 0.250. The van der Waals surface area contributed by atoms with E-state index < -0.39 is 5.97 Å². The van der Waals surface area contributed by atoms with Gasteiger partial charge in [0.05, 0.1) is 17.2 Å². The Kier molecular flexibility index (Phi) is 3.57. The number of hydrogen-bond acceptors (Lipinski definition) is 5. The molecule has 6 heteroatoms. The molecule has 0 saturated heterocycles. The molecule has 5 nitrogen and oxygen atoms in total. The zero-order chi connectivity index (χ0) is 13.1. The summed E-state index contributed by atoms with van der Waals surface area (Å²) in [6.07, 6.45) is 1.50. The molecule has 0 atom stereocenters. The average Bonchev–Trinajstić information content (AvgIpc) is 2.75. The van der Waals surface area contributed by atoms with Gasteiger partial charge in [-0.05, 0) is 19.1 Å². The van der Waals surface area contributed by atoms with Crippen molar-refractivity contribution in [2.45, 2.75) is 13.5 Å². The molecule has 0 fully saturated rings.